The lowest BCUT2D eigenvalue weighted by Gasteiger charge is -2.17. The number of amides is 1. The van der Waals surface area contributed by atoms with Gasteiger partial charge in [0.2, 0.25) is 0 Å². The first-order valence-corrected chi connectivity index (χ1v) is 8.84. The predicted molar refractivity (Wildman–Crippen MR) is 99.3 cm³/mol. The van der Waals surface area contributed by atoms with E-state index in [4.69, 9.17) is 16.3 Å². The number of aromatic nitrogens is 2. The maximum absolute atomic E-state index is 13.1. The zero-order valence-corrected chi connectivity index (χ0v) is 15.4. The monoisotopic (exact) mass is 385 g/mol. The summed E-state index contributed by atoms with van der Waals surface area (Å²) in [6, 6.07) is 11.4. The molecule has 1 amide bonds. The molecule has 2 heterocycles. The number of rotatable bonds is 4. The van der Waals surface area contributed by atoms with E-state index in [9.17, 15) is 9.18 Å². The molecule has 0 bridgehead atoms. The Labute approximate surface area is 160 Å². The van der Waals surface area contributed by atoms with E-state index >= 15 is 0 Å². The van der Waals surface area contributed by atoms with Crippen molar-refractivity contribution in [2.24, 2.45) is 0 Å². The Hall–Kier alpha value is -2.86. The zero-order valence-electron chi connectivity index (χ0n) is 14.7. The molecule has 0 unspecified atom stereocenters. The number of hydrogen-bond donors (Lipinski definition) is 0. The van der Waals surface area contributed by atoms with Gasteiger partial charge in [-0.25, -0.2) is 4.39 Å². The van der Waals surface area contributed by atoms with Gasteiger partial charge in [0.1, 0.15) is 11.6 Å². The highest BCUT2D eigenvalue weighted by molar-refractivity contribution is 6.32. The molecule has 0 saturated carbocycles. The molecule has 3 aromatic rings. The Morgan fingerprint density at radius 3 is 2.70 bits per heavy atom. The number of hydrogen-bond acceptors (Lipinski definition) is 3. The number of nitrogens with zero attached hydrogens (tertiary/aromatic N) is 3. The van der Waals surface area contributed by atoms with Crippen LogP contribution in [0.1, 0.15) is 27.2 Å². The minimum Gasteiger partial charge on any atom is -0.495 e. The summed E-state index contributed by atoms with van der Waals surface area (Å²) in [6.45, 7) is 1.51. The van der Waals surface area contributed by atoms with E-state index in [2.05, 4.69) is 5.10 Å². The van der Waals surface area contributed by atoms with Gasteiger partial charge in [0.25, 0.3) is 5.91 Å². The van der Waals surface area contributed by atoms with Crippen LogP contribution in [0.3, 0.4) is 0 Å². The standard InChI is InChI=1S/C20H17ClFN3O2/c1-27-19-7-4-14(8-17(19)21)20(26)24-11-15-9-23-25(18(15)12-24)10-13-2-5-16(22)6-3-13/h2-9H,10-12H2,1H3. The van der Waals surface area contributed by atoms with Crippen molar-refractivity contribution in [2.45, 2.75) is 19.6 Å². The van der Waals surface area contributed by atoms with Crippen LogP contribution in [0, 0.1) is 5.82 Å². The average molecular weight is 386 g/mol. The van der Waals surface area contributed by atoms with Crippen LogP contribution in [0.4, 0.5) is 4.39 Å². The lowest BCUT2D eigenvalue weighted by molar-refractivity contribution is 0.0748. The number of ether oxygens (including phenoxy) is 1. The summed E-state index contributed by atoms with van der Waals surface area (Å²) in [5.41, 5.74) is 3.48. The van der Waals surface area contributed by atoms with Gasteiger partial charge in [0.15, 0.2) is 0 Å². The molecule has 0 fully saturated rings. The molecule has 1 aromatic heterocycles. The Balaban J connectivity index is 1.51. The van der Waals surface area contributed by atoms with Crippen LogP contribution >= 0.6 is 11.6 Å². The van der Waals surface area contributed by atoms with E-state index in [1.165, 1.54) is 19.2 Å². The van der Waals surface area contributed by atoms with Gasteiger partial charge in [-0.1, -0.05) is 23.7 Å². The summed E-state index contributed by atoms with van der Waals surface area (Å²) in [4.78, 5) is 14.6. The third kappa shape index (κ3) is 3.40. The smallest absolute Gasteiger partial charge is 0.254 e. The number of carbonyl (C=O) groups excluding carboxylic acids is 1. The number of benzene rings is 2. The Kier molecular flexibility index (Phi) is 4.58. The van der Waals surface area contributed by atoms with Crippen molar-refractivity contribution < 1.29 is 13.9 Å². The maximum atomic E-state index is 13.1. The molecule has 0 spiro atoms. The molecule has 0 atom stereocenters. The second kappa shape index (κ2) is 7.04. The molecule has 0 N–H and O–H groups in total. The van der Waals surface area contributed by atoms with Crippen molar-refractivity contribution in [3.05, 3.63) is 81.9 Å². The Bertz CT molecular complexity index is 1000. The van der Waals surface area contributed by atoms with Gasteiger partial charge in [-0.3, -0.25) is 9.48 Å². The molecule has 0 aliphatic carbocycles. The number of carbonyl (C=O) groups is 1. The van der Waals surface area contributed by atoms with Gasteiger partial charge in [-0.2, -0.15) is 5.10 Å². The fraction of sp³-hybridized carbons (Fsp3) is 0.200. The normalized spacial score (nSPS) is 12.9. The molecule has 138 valence electrons. The third-order valence-electron chi connectivity index (χ3n) is 4.67. The first-order chi connectivity index (χ1) is 13.0. The van der Waals surface area contributed by atoms with E-state index in [0.29, 0.717) is 36.0 Å². The van der Waals surface area contributed by atoms with Crippen LogP contribution < -0.4 is 4.74 Å². The highest BCUT2D eigenvalue weighted by Gasteiger charge is 2.28. The van der Waals surface area contributed by atoms with Crippen molar-refractivity contribution in [1.29, 1.82) is 0 Å². The zero-order chi connectivity index (χ0) is 19.0. The number of halogens is 2. The Morgan fingerprint density at radius 1 is 1.22 bits per heavy atom. The molecule has 7 heteroatoms. The first-order valence-electron chi connectivity index (χ1n) is 8.46. The molecular weight excluding hydrogens is 369 g/mol. The SMILES string of the molecule is COc1ccc(C(=O)N2Cc3cnn(Cc4ccc(F)cc4)c3C2)cc1Cl. The maximum Gasteiger partial charge on any atom is 0.254 e. The second-order valence-corrected chi connectivity index (χ2v) is 6.82. The fourth-order valence-corrected chi connectivity index (χ4v) is 3.49. The summed E-state index contributed by atoms with van der Waals surface area (Å²) < 4.78 is 20.1. The van der Waals surface area contributed by atoms with Crippen molar-refractivity contribution >= 4 is 17.5 Å². The first kappa shape index (κ1) is 17.5. The number of fused-ring (bicyclic) bond motifs is 1. The lowest BCUT2D eigenvalue weighted by Crippen LogP contribution is -2.26. The van der Waals surface area contributed by atoms with Crippen LogP contribution in [0.15, 0.2) is 48.7 Å². The van der Waals surface area contributed by atoms with Crippen LogP contribution in [-0.2, 0) is 19.6 Å². The number of methoxy groups -OCH3 is 1. The van der Waals surface area contributed by atoms with Gasteiger partial charge in [-0.05, 0) is 35.9 Å². The molecule has 0 radical (unpaired) electrons. The summed E-state index contributed by atoms with van der Waals surface area (Å²) >= 11 is 6.14. The van der Waals surface area contributed by atoms with Crippen LogP contribution in [-0.4, -0.2) is 27.7 Å². The van der Waals surface area contributed by atoms with Crippen molar-refractivity contribution in [2.75, 3.05) is 7.11 Å². The average Bonchev–Trinajstić information content (AvgIpc) is 3.25. The van der Waals surface area contributed by atoms with Gasteiger partial charge >= 0.3 is 0 Å². The largest absolute Gasteiger partial charge is 0.495 e. The van der Waals surface area contributed by atoms with Crippen LogP contribution in [0.25, 0.3) is 0 Å². The molecule has 1 aliphatic heterocycles. The van der Waals surface area contributed by atoms with Gasteiger partial charge in [-0.15, -0.1) is 0 Å². The minimum atomic E-state index is -0.264. The summed E-state index contributed by atoms with van der Waals surface area (Å²) in [7, 11) is 1.53. The van der Waals surface area contributed by atoms with Gasteiger partial charge < -0.3 is 9.64 Å². The molecule has 27 heavy (non-hydrogen) atoms. The van der Waals surface area contributed by atoms with E-state index in [-0.39, 0.29) is 11.7 Å². The summed E-state index contributed by atoms with van der Waals surface area (Å²) in [5, 5.41) is 4.81. The van der Waals surface area contributed by atoms with Crippen molar-refractivity contribution in [1.82, 2.24) is 14.7 Å². The molecule has 2 aromatic carbocycles. The van der Waals surface area contributed by atoms with E-state index in [1.54, 1.807) is 41.4 Å². The third-order valence-corrected chi connectivity index (χ3v) is 4.96. The molecular formula is C20H17ClFN3O2. The van der Waals surface area contributed by atoms with E-state index < -0.39 is 0 Å². The lowest BCUT2D eigenvalue weighted by atomic mass is 10.2. The summed E-state index contributed by atoms with van der Waals surface area (Å²) in [6.07, 6.45) is 1.78. The van der Waals surface area contributed by atoms with Crippen LogP contribution in [0.5, 0.6) is 5.75 Å². The van der Waals surface area contributed by atoms with E-state index in [0.717, 1.165) is 16.8 Å². The van der Waals surface area contributed by atoms with Crippen molar-refractivity contribution in [3.8, 4) is 5.75 Å². The molecule has 0 saturated heterocycles. The van der Waals surface area contributed by atoms with E-state index in [1.807, 2.05) is 4.68 Å². The topological polar surface area (TPSA) is 47.4 Å². The molecule has 1 aliphatic rings. The minimum absolute atomic E-state index is 0.0934. The summed E-state index contributed by atoms with van der Waals surface area (Å²) in [5.74, 6) is 0.177. The van der Waals surface area contributed by atoms with Gasteiger partial charge in [0.05, 0.1) is 37.1 Å². The Morgan fingerprint density at radius 2 is 2.00 bits per heavy atom. The quantitative estimate of drug-likeness (QED) is 0.684. The highest BCUT2D eigenvalue weighted by Crippen LogP contribution is 2.28. The predicted octanol–water partition coefficient (Wildman–Crippen LogP) is 3.89. The fourth-order valence-electron chi connectivity index (χ4n) is 3.23. The second-order valence-electron chi connectivity index (χ2n) is 6.41. The molecule has 4 rings (SSSR count). The van der Waals surface area contributed by atoms with Gasteiger partial charge in [0, 0.05) is 17.7 Å². The van der Waals surface area contributed by atoms with Crippen LogP contribution in [0.2, 0.25) is 5.02 Å². The highest BCUT2D eigenvalue weighted by atomic mass is 35.5. The molecule has 5 nitrogen and oxygen atoms in total. The van der Waals surface area contributed by atoms with Crippen molar-refractivity contribution in [3.63, 3.8) is 0 Å².